The first-order chi connectivity index (χ1) is 11.5. The van der Waals surface area contributed by atoms with Crippen LogP contribution in [-0.2, 0) is 11.3 Å². The third kappa shape index (κ3) is 4.98. The number of benzene rings is 2. The summed E-state index contributed by atoms with van der Waals surface area (Å²) in [6, 6.07) is 12.3. The second-order valence-electron chi connectivity index (χ2n) is 4.76. The van der Waals surface area contributed by atoms with Gasteiger partial charge in [-0.3, -0.25) is 4.79 Å². The molecule has 0 atom stereocenters. The Balaban J connectivity index is 2.01. The Morgan fingerprint density at radius 1 is 1.21 bits per heavy atom. The van der Waals surface area contributed by atoms with E-state index in [-0.39, 0.29) is 11.4 Å². The minimum atomic E-state index is -0.617. The van der Waals surface area contributed by atoms with Gasteiger partial charge in [0.1, 0.15) is 17.5 Å². The molecule has 2 rings (SSSR count). The van der Waals surface area contributed by atoms with Crippen LogP contribution in [0.25, 0.3) is 0 Å². The van der Waals surface area contributed by atoms with Gasteiger partial charge in [-0.15, -0.1) is 0 Å². The topological polar surface area (TPSA) is 64.9 Å². The van der Waals surface area contributed by atoms with Gasteiger partial charge >= 0.3 is 0 Å². The SMILES string of the molecule is N#C/C(=C/NCc1ccc(F)cc1)C(=O)Nc1cc(Cl)ccc1Cl. The zero-order valence-corrected chi connectivity index (χ0v) is 13.8. The summed E-state index contributed by atoms with van der Waals surface area (Å²) in [4.78, 5) is 12.1. The number of carbonyl (C=O) groups is 1. The van der Waals surface area contributed by atoms with Crippen molar-refractivity contribution >= 4 is 34.8 Å². The standard InChI is InChI=1S/C17H12Cl2FN3O/c18-13-3-6-15(19)16(7-13)23-17(24)12(8-21)10-22-9-11-1-4-14(20)5-2-11/h1-7,10,22H,9H2,(H,23,24)/b12-10-. The van der Waals surface area contributed by atoms with Gasteiger partial charge in [-0.05, 0) is 35.9 Å². The number of nitrogens with zero attached hydrogens (tertiary/aromatic N) is 1. The number of hydrogen-bond acceptors (Lipinski definition) is 3. The number of anilines is 1. The maximum atomic E-state index is 12.8. The number of nitrogens with one attached hydrogen (secondary N) is 2. The molecule has 2 aromatic carbocycles. The van der Waals surface area contributed by atoms with E-state index in [0.29, 0.717) is 22.3 Å². The van der Waals surface area contributed by atoms with E-state index in [1.54, 1.807) is 30.3 Å². The molecule has 0 aliphatic heterocycles. The quantitative estimate of drug-likeness (QED) is 0.615. The van der Waals surface area contributed by atoms with Gasteiger partial charge in [-0.25, -0.2) is 4.39 Å². The van der Waals surface area contributed by atoms with Crippen LogP contribution in [0, 0.1) is 17.1 Å². The van der Waals surface area contributed by atoms with Crippen LogP contribution in [0.4, 0.5) is 10.1 Å². The van der Waals surface area contributed by atoms with Crippen LogP contribution in [0.15, 0.2) is 54.2 Å². The lowest BCUT2D eigenvalue weighted by atomic mass is 10.2. The summed E-state index contributed by atoms with van der Waals surface area (Å²) >= 11 is 11.8. The molecule has 0 fully saturated rings. The lowest BCUT2D eigenvalue weighted by Gasteiger charge is -2.07. The third-order valence-corrected chi connectivity index (χ3v) is 3.57. The summed E-state index contributed by atoms with van der Waals surface area (Å²) in [5, 5.41) is 15.2. The molecule has 0 saturated heterocycles. The van der Waals surface area contributed by atoms with Crippen molar-refractivity contribution < 1.29 is 9.18 Å². The number of halogens is 3. The largest absolute Gasteiger partial charge is 0.386 e. The van der Waals surface area contributed by atoms with Crippen LogP contribution in [0.2, 0.25) is 10.0 Å². The number of amides is 1. The number of nitriles is 1. The molecule has 0 aliphatic rings. The lowest BCUT2D eigenvalue weighted by molar-refractivity contribution is -0.112. The summed E-state index contributed by atoms with van der Waals surface area (Å²) in [6.45, 7) is 0.344. The van der Waals surface area contributed by atoms with Crippen LogP contribution in [0.5, 0.6) is 0 Å². The molecular formula is C17H12Cl2FN3O. The van der Waals surface area contributed by atoms with Crippen LogP contribution in [0.1, 0.15) is 5.56 Å². The normalized spacial score (nSPS) is 10.8. The fraction of sp³-hybridized carbons (Fsp3) is 0.0588. The minimum Gasteiger partial charge on any atom is -0.386 e. The molecule has 2 N–H and O–H groups in total. The molecule has 0 saturated carbocycles. The Hall–Kier alpha value is -2.55. The van der Waals surface area contributed by atoms with Crippen molar-refractivity contribution in [2.45, 2.75) is 6.54 Å². The minimum absolute atomic E-state index is 0.131. The maximum Gasteiger partial charge on any atom is 0.267 e. The zero-order valence-electron chi connectivity index (χ0n) is 12.3. The van der Waals surface area contributed by atoms with Gasteiger partial charge in [0.05, 0.1) is 10.7 Å². The van der Waals surface area contributed by atoms with Gasteiger partial charge < -0.3 is 10.6 Å². The highest BCUT2D eigenvalue weighted by atomic mass is 35.5. The Kier molecular flexibility index (Phi) is 6.19. The molecule has 1 amide bonds. The van der Waals surface area contributed by atoms with Crippen LogP contribution in [0.3, 0.4) is 0 Å². The fourth-order valence-electron chi connectivity index (χ4n) is 1.80. The van der Waals surface area contributed by atoms with Crippen molar-refractivity contribution in [2.24, 2.45) is 0 Å². The average molecular weight is 364 g/mol. The molecule has 2 aromatic rings. The molecule has 0 radical (unpaired) electrons. The molecule has 0 bridgehead atoms. The molecule has 0 unspecified atom stereocenters. The number of rotatable bonds is 5. The number of hydrogen-bond donors (Lipinski definition) is 2. The van der Waals surface area contributed by atoms with E-state index in [1.165, 1.54) is 24.4 Å². The summed E-state index contributed by atoms with van der Waals surface area (Å²) in [5.74, 6) is -0.946. The lowest BCUT2D eigenvalue weighted by Crippen LogP contribution is -2.16. The second kappa shape index (κ2) is 8.34. The molecule has 0 spiro atoms. The number of carbonyl (C=O) groups excluding carboxylic acids is 1. The van der Waals surface area contributed by atoms with Gasteiger partial charge in [0.2, 0.25) is 0 Å². The first kappa shape index (κ1) is 17.8. The van der Waals surface area contributed by atoms with E-state index in [1.807, 2.05) is 0 Å². The van der Waals surface area contributed by atoms with Crippen molar-refractivity contribution in [3.8, 4) is 6.07 Å². The Labute approximate surface area is 148 Å². The Bertz CT molecular complexity index is 814. The van der Waals surface area contributed by atoms with Crippen molar-refractivity contribution in [2.75, 3.05) is 5.32 Å². The van der Waals surface area contributed by atoms with Crippen molar-refractivity contribution in [1.29, 1.82) is 5.26 Å². The Morgan fingerprint density at radius 2 is 1.92 bits per heavy atom. The molecule has 4 nitrogen and oxygen atoms in total. The molecule has 0 aliphatic carbocycles. The van der Waals surface area contributed by atoms with E-state index in [0.717, 1.165) is 5.56 Å². The summed E-state index contributed by atoms with van der Waals surface area (Å²) in [6.07, 6.45) is 1.29. The van der Waals surface area contributed by atoms with Crippen molar-refractivity contribution in [1.82, 2.24) is 5.32 Å². The van der Waals surface area contributed by atoms with E-state index in [2.05, 4.69) is 10.6 Å². The average Bonchev–Trinajstić information content (AvgIpc) is 2.56. The third-order valence-electron chi connectivity index (χ3n) is 3.01. The van der Waals surface area contributed by atoms with Crippen LogP contribution in [-0.4, -0.2) is 5.91 Å². The van der Waals surface area contributed by atoms with Crippen LogP contribution >= 0.6 is 23.2 Å². The predicted molar refractivity (Wildman–Crippen MR) is 92.0 cm³/mol. The van der Waals surface area contributed by atoms with Gasteiger partial charge in [0.15, 0.2) is 0 Å². The zero-order chi connectivity index (χ0) is 17.5. The van der Waals surface area contributed by atoms with E-state index in [4.69, 9.17) is 28.5 Å². The van der Waals surface area contributed by atoms with Gasteiger partial charge in [-0.1, -0.05) is 35.3 Å². The second-order valence-corrected chi connectivity index (χ2v) is 5.60. The summed E-state index contributed by atoms with van der Waals surface area (Å²) in [7, 11) is 0. The van der Waals surface area contributed by atoms with Gasteiger partial charge in [0.25, 0.3) is 5.91 Å². The van der Waals surface area contributed by atoms with Gasteiger partial charge in [-0.2, -0.15) is 5.26 Å². The van der Waals surface area contributed by atoms with E-state index >= 15 is 0 Å². The summed E-state index contributed by atoms with van der Waals surface area (Å²) < 4.78 is 12.8. The maximum absolute atomic E-state index is 12.8. The van der Waals surface area contributed by atoms with Crippen LogP contribution < -0.4 is 10.6 Å². The molecular weight excluding hydrogens is 352 g/mol. The summed E-state index contributed by atoms with van der Waals surface area (Å²) in [5.41, 5.74) is 0.991. The highest BCUT2D eigenvalue weighted by molar-refractivity contribution is 6.35. The fourth-order valence-corrected chi connectivity index (χ4v) is 2.14. The first-order valence-corrected chi connectivity index (χ1v) is 7.59. The first-order valence-electron chi connectivity index (χ1n) is 6.84. The highest BCUT2D eigenvalue weighted by Gasteiger charge is 2.11. The Morgan fingerprint density at radius 3 is 2.58 bits per heavy atom. The van der Waals surface area contributed by atoms with Crippen molar-refractivity contribution in [3.05, 3.63) is 75.7 Å². The smallest absolute Gasteiger partial charge is 0.267 e. The van der Waals surface area contributed by atoms with Crippen molar-refractivity contribution in [3.63, 3.8) is 0 Å². The molecule has 0 heterocycles. The van der Waals surface area contributed by atoms with E-state index < -0.39 is 5.91 Å². The molecule has 0 aromatic heterocycles. The molecule has 7 heteroatoms. The highest BCUT2D eigenvalue weighted by Crippen LogP contribution is 2.25. The monoisotopic (exact) mass is 363 g/mol. The molecule has 24 heavy (non-hydrogen) atoms. The van der Waals surface area contributed by atoms with E-state index in [9.17, 15) is 9.18 Å². The van der Waals surface area contributed by atoms with Gasteiger partial charge in [0, 0.05) is 17.8 Å². The molecule has 122 valence electrons. The predicted octanol–water partition coefficient (Wildman–Crippen LogP) is 4.27.